The number of nitrogens with one attached hydrogen (secondary N) is 1. The van der Waals surface area contributed by atoms with Gasteiger partial charge in [-0.25, -0.2) is 0 Å². The molecule has 0 aliphatic rings. The molecule has 17 heavy (non-hydrogen) atoms. The average Bonchev–Trinajstić information content (AvgIpc) is 2.77. The molecule has 1 heterocycles. The van der Waals surface area contributed by atoms with Gasteiger partial charge in [-0.05, 0) is 36.5 Å². The van der Waals surface area contributed by atoms with E-state index >= 15 is 0 Å². The lowest BCUT2D eigenvalue weighted by Crippen LogP contribution is -1.95. The molecule has 3 N–H and O–H groups in total. The predicted molar refractivity (Wildman–Crippen MR) is 71.5 cm³/mol. The van der Waals surface area contributed by atoms with E-state index in [0.717, 1.165) is 17.7 Å². The monoisotopic (exact) mass is 243 g/mol. The van der Waals surface area contributed by atoms with Crippen molar-refractivity contribution < 1.29 is 0 Å². The average molecular weight is 243 g/mol. The number of rotatable bonds is 2. The zero-order valence-corrected chi connectivity index (χ0v) is 10.1. The number of aromatic amines is 1. The SMILES string of the molecule is NCCC#Cc1ccc(-n2cc[nH]c2=S)cc1. The lowest BCUT2D eigenvalue weighted by molar-refractivity contribution is 1.03. The van der Waals surface area contributed by atoms with Gasteiger partial charge < -0.3 is 10.7 Å². The number of imidazole rings is 1. The summed E-state index contributed by atoms with van der Waals surface area (Å²) in [6, 6.07) is 7.95. The Balaban J connectivity index is 2.23. The summed E-state index contributed by atoms with van der Waals surface area (Å²) in [6.45, 7) is 0.601. The number of hydrogen-bond acceptors (Lipinski definition) is 2. The van der Waals surface area contributed by atoms with Crippen molar-refractivity contribution in [3.8, 4) is 17.5 Å². The molecule has 0 saturated carbocycles. The highest BCUT2D eigenvalue weighted by atomic mass is 32.1. The summed E-state index contributed by atoms with van der Waals surface area (Å²) >= 11 is 5.15. The molecule has 2 rings (SSSR count). The van der Waals surface area contributed by atoms with E-state index < -0.39 is 0 Å². The third kappa shape index (κ3) is 2.84. The molecule has 0 saturated heterocycles. The topological polar surface area (TPSA) is 46.7 Å². The molecular weight excluding hydrogens is 230 g/mol. The second kappa shape index (κ2) is 5.48. The standard InChI is InChI=1S/C13H13N3S/c14-8-2-1-3-11-4-6-12(7-5-11)16-10-9-15-13(16)17/h4-7,9-10H,2,8,14H2,(H,15,17). The van der Waals surface area contributed by atoms with Crippen molar-refractivity contribution in [2.75, 3.05) is 6.54 Å². The van der Waals surface area contributed by atoms with Crippen LogP contribution in [0.15, 0.2) is 36.7 Å². The van der Waals surface area contributed by atoms with Gasteiger partial charge in [-0.2, -0.15) is 0 Å². The maximum Gasteiger partial charge on any atom is 0.181 e. The van der Waals surface area contributed by atoms with E-state index in [9.17, 15) is 0 Å². The quantitative estimate of drug-likeness (QED) is 0.627. The van der Waals surface area contributed by atoms with Gasteiger partial charge in [0, 0.05) is 36.6 Å². The van der Waals surface area contributed by atoms with Crippen LogP contribution in [0, 0.1) is 16.6 Å². The summed E-state index contributed by atoms with van der Waals surface area (Å²) < 4.78 is 2.60. The minimum Gasteiger partial charge on any atom is -0.337 e. The van der Waals surface area contributed by atoms with E-state index in [4.69, 9.17) is 18.0 Å². The molecule has 0 radical (unpaired) electrons. The van der Waals surface area contributed by atoms with Gasteiger partial charge in [0.05, 0.1) is 0 Å². The van der Waals surface area contributed by atoms with E-state index in [1.54, 1.807) is 0 Å². The lowest BCUT2D eigenvalue weighted by Gasteiger charge is -2.01. The Morgan fingerprint density at radius 3 is 2.65 bits per heavy atom. The molecule has 0 amide bonds. The van der Waals surface area contributed by atoms with Crippen molar-refractivity contribution >= 4 is 12.2 Å². The van der Waals surface area contributed by atoms with E-state index in [0.29, 0.717) is 11.3 Å². The van der Waals surface area contributed by atoms with Crippen LogP contribution in [0.5, 0.6) is 0 Å². The summed E-state index contributed by atoms with van der Waals surface area (Å²) in [6.07, 6.45) is 4.44. The number of nitrogens with zero attached hydrogens (tertiary/aromatic N) is 1. The van der Waals surface area contributed by atoms with Crippen molar-refractivity contribution in [2.24, 2.45) is 5.73 Å². The molecule has 0 aliphatic carbocycles. The van der Waals surface area contributed by atoms with E-state index in [1.165, 1.54) is 0 Å². The second-order valence-corrected chi connectivity index (χ2v) is 3.91. The molecule has 1 aromatic carbocycles. The van der Waals surface area contributed by atoms with Gasteiger partial charge in [-0.1, -0.05) is 11.8 Å². The largest absolute Gasteiger partial charge is 0.337 e. The van der Waals surface area contributed by atoms with Crippen LogP contribution >= 0.6 is 12.2 Å². The number of aromatic nitrogens is 2. The fraction of sp³-hybridized carbons (Fsp3) is 0.154. The van der Waals surface area contributed by atoms with Crippen molar-refractivity contribution in [3.63, 3.8) is 0 Å². The van der Waals surface area contributed by atoms with Gasteiger partial charge in [0.25, 0.3) is 0 Å². The first-order valence-electron chi connectivity index (χ1n) is 5.36. The van der Waals surface area contributed by atoms with Crippen LogP contribution in [0.25, 0.3) is 5.69 Å². The normalized spacial score (nSPS) is 9.71. The van der Waals surface area contributed by atoms with Crippen LogP contribution in [0.4, 0.5) is 0 Å². The molecule has 0 unspecified atom stereocenters. The Labute approximate surface area is 105 Å². The molecule has 0 spiro atoms. The van der Waals surface area contributed by atoms with Crippen LogP contribution in [0.2, 0.25) is 0 Å². The Hall–Kier alpha value is -1.83. The summed E-state index contributed by atoms with van der Waals surface area (Å²) in [5.74, 6) is 6.07. The highest BCUT2D eigenvalue weighted by Crippen LogP contribution is 2.09. The summed E-state index contributed by atoms with van der Waals surface area (Å²) in [7, 11) is 0. The fourth-order valence-corrected chi connectivity index (χ4v) is 1.70. The van der Waals surface area contributed by atoms with Crippen molar-refractivity contribution in [1.82, 2.24) is 9.55 Å². The molecule has 3 nitrogen and oxygen atoms in total. The van der Waals surface area contributed by atoms with Gasteiger partial charge in [-0.3, -0.25) is 4.57 Å². The minimum absolute atomic E-state index is 0.601. The maximum absolute atomic E-state index is 5.38. The van der Waals surface area contributed by atoms with Gasteiger partial charge >= 0.3 is 0 Å². The van der Waals surface area contributed by atoms with E-state index in [2.05, 4.69) is 16.8 Å². The first-order chi connectivity index (χ1) is 8.31. The van der Waals surface area contributed by atoms with Crippen LogP contribution in [-0.4, -0.2) is 16.1 Å². The molecule has 1 aromatic heterocycles. The van der Waals surface area contributed by atoms with Crippen LogP contribution < -0.4 is 5.73 Å². The molecule has 0 atom stereocenters. The summed E-state index contributed by atoms with van der Waals surface area (Å²) in [5, 5.41) is 0. The maximum atomic E-state index is 5.38. The number of H-pyrrole nitrogens is 1. The van der Waals surface area contributed by atoms with Crippen molar-refractivity contribution in [1.29, 1.82) is 0 Å². The third-order valence-corrected chi connectivity index (χ3v) is 2.61. The predicted octanol–water partition coefficient (Wildman–Crippen LogP) is 2.24. The zero-order valence-electron chi connectivity index (χ0n) is 9.31. The fourth-order valence-electron chi connectivity index (χ4n) is 1.47. The molecule has 0 fully saturated rings. The lowest BCUT2D eigenvalue weighted by atomic mass is 10.2. The first-order valence-corrected chi connectivity index (χ1v) is 5.77. The number of nitrogens with two attached hydrogens (primary N) is 1. The molecule has 2 aromatic rings. The highest BCUT2D eigenvalue weighted by molar-refractivity contribution is 7.71. The Morgan fingerprint density at radius 1 is 1.29 bits per heavy atom. The zero-order chi connectivity index (χ0) is 12.1. The number of benzene rings is 1. The molecule has 4 heteroatoms. The van der Waals surface area contributed by atoms with Crippen molar-refractivity contribution in [2.45, 2.75) is 6.42 Å². The third-order valence-electron chi connectivity index (χ3n) is 2.30. The van der Waals surface area contributed by atoms with Crippen LogP contribution in [0.3, 0.4) is 0 Å². The molecule has 86 valence electrons. The molecular formula is C13H13N3S. The van der Waals surface area contributed by atoms with Crippen molar-refractivity contribution in [3.05, 3.63) is 47.0 Å². The minimum atomic E-state index is 0.601. The van der Waals surface area contributed by atoms with E-state index in [-0.39, 0.29) is 0 Å². The first kappa shape index (κ1) is 11.6. The van der Waals surface area contributed by atoms with Gasteiger partial charge in [0.1, 0.15) is 0 Å². The Kier molecular flexibility index (Phi) is 3.76. The number of hydrogen-bond donors (Lipinski definition) is 2. The highest BCUT2D eigenvalue weighted by Gasteiger charge is 1.96. The van der Waals surface area contributed by atoms with Crippen LogP contribution in [0.1, 0.15) is 12.0 Å². The Bertz CT molecular complexity index is 596. The smallest absolute Gasteiger partial charge is 0.181 e. The summed E-state index contributed by atoms with van der Waals surface area (Å²) in [5.41, 5.74) is 7.40. The van der Waals surface area contributed by atoms with Crippen LogP contribution in [-0.2, 0) is 0 Å². The molecule has 0 bridgehead atoms. The van der Waals surface area contributed by atoms with E-state index in [1.807, 2.05) is 41.2 Å². The molecule has 0 aliphatic heterocycles. The summed E-state index contributed by atoms with van der Waals surface area (Å²) in [4.78, 5) is 2.96. The Morgan fingerprint density at radius 2 is 2.06 bits per heavy atom. The van der Waals surface area contributed by atoms with Gasteiger partial charge in [0.15, 0.2) is 4.77 Å². The van der Waals surface area contributed by atoms with Gasteiger partial charge in [-0.15, -0.1) is 0 Å². The van der Waals surface area contributed by atoms with Gasteiger partial charge in [0.2, 0.25) is 0 Å². The second-order valence-electron chi connectivity index (χ2n) is 3.52.